The smallest absolute Gasteiger partial charge is 0.195 e. The van der Waals surface area contributed by atoms with Gasteiger partial charge in [-0.2, -0.15) is 0 Å². The van der Waals surface area contributed by atoms with E-state index in [0.717, 1.165) is 0 Å². The fraction of sp³-hybridized carbons (Fsp3) is 0.111. The summed E-state index contributed by atoms with van der Waals surface area (Å²) in [5.41, 5.74) is 0.972. The molecule has 0 atom stereocenters. The number of carbonyl (C=O) groups is 4. The molecule has 1 aliphatic rings. The SMILES string of the molecule is CC(=O)c1ccc(C(C)=O)c2c1C(=O)c1ccccc1C2=O. The number of carbonyl (C=O) groups excluding carboxylic acids is 4. The summed E-state index contributed by atoms with van der Waals surface area (Å²) in [5.74, 6) is -1.41. The van der Waals surface area contributed by atoms with Gasteiger partial charge in [0.05, 0.1) is 0 Å². The van der Waals surface area contributed by atoms with E-state index in [4.69, 9.17) is 0 Å². The molecule has 2 aromatic rings. The molecule has 0 N–H and O–H groups in total. The normalized spacial score (nSPS) is 12.6. The average molecular weight is 292 g/mol. The van der Waals surface area contributed by atoms with Gasteiger partial charge in [-0.25, -0.2) is 0 Å². The maximum Gasteiger partial charge on any atom is 0.195 e. The van der Waals surface area contributed by atoms with E-state index in [-0.39, 0.29) is 44.9 Å². The predicted molar refractivity (Wildman–Crippen MR) is 79.8 cm³/mol. The minimum atomic E-state index is -0.390. The van der Waals surface area contributed by atoms with Crippen molar-refractivity contribution in [1.82, 2.24) is 0 Å². The number of rotatable bonds is 2. The maximum atomic E-state index is 12.7. The summed E-state index contributed by atoms with van der Waals surface area (Å²) in [7, 11) is 0. The lowest BCUT2D eigenvalue weighted by molar-refractivity contribution is 0.0957. The molecule has 4 heteroatoms. The molecule has 0 bridgehead atoms. The van der Waals surface area contributed by atoms with Crippen molar-refractivity contribution in [3.05, 3.63) is 69.8 Å². The van der Waals surface area contributed by atoms with Crippen LogP contribution >= 0.6 is 0 Å². The molecule has 0 spiro atoms. The van der Waals surface area contributed by atoms with Gasteiger partial charge in [-0.3, -0.25) is 19.2 Å². The molecule has 1 aliphatic carbocycles. The van der Waals surface area contributed by atoms with E-state index in [9.17, 15) is 19.2 Å². The monoisotopic (exact) mass is 292 g/mol. The van der Waals surface area contributed by atoms with Gasteiger partial charge in [0.1, 0.15) is 0 Å². The summed E-state index contributed by atoms with van der Waals surface area (Å²) in [6.45, 7) is 2.67. The Morgan fingerprint density at radius 1 is 0.682 bits per heavy atom. The lowest BCUT2D eigenvalue weighted by Crippen LogP contribution is -2.26. The summed E-state index contributed by atoms with van der Waals surface area (Å²) in [5, 5.41) is 0. The third-order valence-electron chi connectivity index (χ3n) is 3.83. The van der Waals surface area contributed by atoms with Crippen LogP contribution in [0.25, 0.3) is 0 Å². The molecule has 0 radical (unpaired) electrons. The van der Waals surface area contributed by atoms with Crippen molar-refractivity contribution in [2.24, 2.45) is 0 Å². The van der Waals surface area contributed by atoms with Gasteiger partial charge in [0.15, 0.2) is 23.1 Å². The molecule has 3 rings (SSSR count). The highest BCUT2D eigenvalue weighted by molar-refractivity contribution is 6.33. The Morgan fingerprint density at radius 2 is 1.05 bits per heavy atom. The Balaban J connectivity index is 2.44. The lowest BCUT2D eigenvalue weighted by atomic mass is 9.78. The molecule has 0 aromatic heterocycles. The van der Waals surface area contributed by atoms with Crippen LogP contribution < -0.4 is 0 Å². The van der Waals surface area contributed by atoms with Crippen molar-refractivity contribution < 1.29 is 19.2 Å². The molecule has 108 valence electrons. The Kier molecular flexibility index (Phi) is 3.10. The zero-order valence-electron chi connectivity index (χ0n) is 12.1. The van der Waals surface area contributed by atoms with E-state index in [1.807, 2.05) is 0 Å². The van der Waals surface area contributed by atoms with Gasteiger partial charge in [0.2, 0.25) is 0 Å². The quantitative estimate of drug-likeness (QED) is 0.681. The molecule has 4 nitrogen and oxygen atoms in total. The Morgan fingerprint density at radius 3 is 1.36 bits per heavy atom. The highest BCUT2D eigenvalue weighted by Crippen LogP contribution is 2.32. The van der Waals surface area contributed by atoms with Crippen LogP contribution in [-0.4, -0.2) is 23.1 Å². The van der Waals surface area contributed by atoms with Crippen LogP contribution in [-0.2, 0) is 0 Å². The van der Waals surface area contributed by atoms with Gasteiger partial charge >= 0.3 is 0 Å². The second-order valence-electron chi connectivity index (χ2n) is 5.23. The van der Waals surface area contributed by atoms with E-state index in [0.29, 0.717) is 0 Å². The molecule has 0 unspecified atom stereocenters. The van der Waals surface area contributed by atoms with E-state index >= 15 is 0 Å². The minimum absolute atomic E-state index is 0.0453. The van der Waals surface area contributed by atoms with Crippen molar-refractivity contribution >= 4 is 23.1 Å². The largest absolute Gasteiger partial charge is 0.294 e. The lowest BCUT2D eigenvalue weighted by Gasteiger charge is -2.21. The first-order chi connectivity index (χ1) is 10.4. The van der Waals surface area contributed by atoms with E-state index in [2.05, 4.69) is 0 Å². The van der Waals surface area contributed by atoms with Crippen LogP contribution in [0.4, 0.5) is 0 Å². The molecule has 0 heterocycles. The van der Waals surface area contributed by atoms with E-state index < -0.39 is 11.6 Å². The Bertz CT molecular complexity index is 803. The van der Waals surface area contributed by atoms with Crippen molar-refractivity contribution in [1.29, 1.82) is 0 Å². The zero-order chi connectivity index (χ0) is 16.0. The van der Waals surface area contributed by atoms with Gasteiger partial charge in [0, 0.05) is 33.4 Å². The minimum Gasteiger partial charge on any atom is -0.294 e. The molecular formula is C18H12O4. The number of hydrogen-bond acceptors (Lipinski definition) is 4. The first kappa shape index (κ1) is 14.1. The predicted octanol–water partition coefficient (Wildman–Crippen LogP) is 2.87. The summed E-state index contributed by atoms with van der Waals surface area (Å²) >= 11 is 0. The molecule has 22 heavy (non-hydrogen) atoms. The van der Waals surface area contributed by atoms with E-state index in [1.165, 1.54) is 26.0 Å². The molecule has 0 amide bonds. The van der Waals surface area contributed by atoms with Gasteiger partial charge < -0.3 is 0 Å². The van der Waals surface area contributed by atoms with Crippen LogP contribution in [0.3, 0.4) is 0 Å². The average Bonchev–Trinajstić information content (AvgIpc) is 2.51. The van der Waals surface area contributed by atoms with Gasteiger partial charge in [-0.15, -0.1) is 0 Å². The van der Waals surface area contributed by atoms with Gasteiger partial charge in [0.25, 0.3) is 0 Å². The Hall–Kier alpha value is -2.88. The first-order valence-electron chi connectivity index (χ1n) is 6.80. The number of hydrogen-bond donors (Lipinski definition) is 0. The van der Waals surface area contributed by atoms with Crippen molar-refractivity contribution in [3.63, 3.8) is 0 Å². The summed E-state index contributed by atoms with van der Waals surface area (Å²) in [4.78, 5) is 49.1. The van der Waals surface area contributed by atoms with E-state index in [1.54, 1.807) is 24.3 Å². The summed E-state index contributed by atoms with van der Waals surface area (Å²) in [6, 6.07) is 9.33. The van der Waals surface area contributed by atoms with Crippen molar-refractivity contribution in [2.75, 3.05) is 0 Å². The highest BCUT2D eigenvalue weighted by Gasteiger charge is 2.35. The molecule has 0 saturated heterocycles. The zero-order valence-corrected chi connectivity index (χ0v) is 12.1. The van der Waals surface area contributed by atoms with Gasteiger partial charge in [-0.1, -0.05) is 24.3 Å². The highest BCUT2D eigenvalue weighted by atomic mass is 16.1. The van der Waals surface area contributed by atoms with Crippen LogP contribution in [0.5, 0.6) is 0 Å². The Labute approximate surface area is 126 Å². The summed E-state index contributed by atoms with van der Waals surface area (Å²) in [6.07, 6.45) is 0. The third kappa shape index (κ3) is 1.84. The first-order valence-corrected chi connectivity index (χ1v) is 6.80. The fourth-order valence-electron chi connectivity index (χ4n) is 2.81. The van der Waals surface area contributed by atoms with Crippen LogP contribution in [0.15, 0.2) is 36.4 Å². The molecule has 0 aliphatic heterocycles. The topological polar surface area (TPSA) is 68.3 Å². The number of Topliss-reactive ketones (excluding diaryl/α,β-unsaturated/α-hetero) is 2. The van der Waals surface area contributed by atoms with Gasteiger partial charge in [-0.05, 0) is 26.0 Å². The third-order valence-corrected chi connectivity index (χ3v) is 3.83. The van der Waals surface area contributed by atoms with Crippen molar-refractivity contribution in [2.45, 2.75) is 13.8 Å². The second-order valence-corrected chi connectivity index (χ2v) is 5.23. The number of benzene rings is 2. The standard InChI is InChI=1S/C18H12O4/c1-9(19)11-7-8-12(10(2)20)16-15(11)17(21)13-5-3-4-6-14(13)18(16)22/h3-8H,1-2H3. The fourth-order valence-corrected chi connectivity index (χ4v) is 2.81. The molecule has 2 aromatic carbocycles. The van der Waals surface area contributed by atoms with Crippen molar-refractivity contribution in [3.8, 4) is 0 Å². The maximum absolute atomic E-state index is 12.7. The second kappa shape index (κ2) is 4.84. The van der Waals surface area contributed by atoms with Crippen LogP contribution in [0.1, 0.15) is 66.4 Å². The summed E-state index contributed by atoms with van der Waals surface area (Å²) < 4.78 is 0. The van der Waals surface area contributed by atoms with Crippen LogP contribution in [0, 0.1) is 0 Å². The molecular weight excluding hydrogens is 280 g/mol. The van der Waals surface area contributed by atoms with Crippen LogP contribution in [0.2, 0.25) is 0 Å². The number of fused-ring (bicyclic) bond motifs is 2. The number of ketones is 4. The molecule has 0 fully saturated rings. The molecule has 0 saturated carbocycles.